The summed E-state index contributed by atoms with van der Waals surface area (Å²) in [5.74, 6) is -0.0869. The maximum Gasteiger partial charge on any atom is 0.264 e. The van der Waals surface area contributed by atoms with E-state index in [2.05, 4.69) is 21.0 Å². The largest absolute Gasteiger partial charge is 0.339 e. The first-order valence-electron chi connectivity index (χ1n) is 10.8. The first-order valence-corrected chi connectivity index (χ1v) is 11.2. The average molecular weight is 463 g/mol. The van der Waals surface area contributed by atoms with Crippen molar-refractivity contribution in [2.24, 2.45) is 0 Å². The summed E-state index contributed by atoms with van der Waals surface area (Å²) in [5.41, 5.74) is 2.19. The Morgan fingerprint density at radius 3 is 2.55 bits per heavy atom. The van der Waals surface area contributed by atoms with Gasteiger partial charge in [-0.3, -0.25) is 19.1 Å². The zero-order chi connectivity index (χ0) is 22.8. The second-order valence-corrected chi connectivity index (χ2v) is 8.53. The number of para-hydroxylation sites is 1. The molecule has 9 heteroatoms. The van der Waals surface area contributed by atoms with Crippen molar-refractivity contribution in [3.8, 4) is 5.69 Å². The van der Waals surface area contributed by atoms with E-state index < -0.39 is 0 Å². The number of hydrogen-bond donors (Lipinski definition) is 0. The minimum atomic E-state index is -0.268. The van der Waals surface area contributed by atoms with Crippen molar-refractivity contribution in [2.75, 3.05) is 26.2 Å². The van der Waals surface area contributed by atoms with Crippen molar-refractivity contribution in [2.45, 2.75) is 13.1 Å². The summed E-state index contributed by atoms with van der Waals surface area (Å²) in [5, 5.41) is 5.43. The van der Waals surface area contributed by atoms with Crippen LogP contribution >= 0.6 is 11.6 Å². The second-order valence-electron chi connectivity index (χ2n) is 8.09. The lowest BCUT2D eigenvalue weighted by atomic mass is 10.2. The fourth-order valence-electron chi connectivity index (χ4n) is 4.11. The standard InChI is InChI=1S/C24H23ClN6O2/c25-19-6-4-5-18(13-19)15-28-9-11-29(12-10-28)22(32)16-30-17-26-23-21(24(30)33)14-27-31(23)20-7-2-1-3-8-20/h1-8,13-14,17H,9-12,15-16H2. The summed E-state index contributed by atoms with van der Waals surface area (Å²) in [6.07, 6.45) is 2.94. The highest BCUT2D eigenvalue weighted by atomic mass is 35.5. The molecule has 0 atom stereocenters. The highest BCUT2D eigenvalue weighted by Crippen LogP contribution is 2.15. The maximum atomic E-state index is 13.0. The first kappa shape index (κ1) is 21.4. The van der Waals surface area contributed by atoms with Gasteiger partial charge in [-0.05, 0) is 29.8 Å². The van der Waals surface area contributed by atoms with Gasteiger partial charge in [0.05, 0.1) is 11.9 Å². The summed E-state index contributed by atoms with van der Waals surface area (Å²) in [6.45, 7) is 3.55. The highest BCUT2D eigenvalue weighted by molar-refractivity contribution is 6.30. The molecule has 1 fully saturated rings. The Morgan fingerprint density at radius 1 is 1.00 bits per heavy atom. The summed E-state index contributed by atoms with van der Waals surface area (Å²) in [7, 11) is 0. The topological polar surface area (TPSA) is 76.3 Å². The van der Waals surface area contributed by atoms with Crippen LogP contribution < -0.4 is 5.56 Å². The summed E-state index contributed by atoms with van der Waals surface area (Å²) < 4.78 is 2.99. The molecule has 4 aromatic rings. The molecule has 0 aliphatic carbocycles. The van der Waals surface area contributed by atoms with Gasteiger partial charge in [0.2, 0.25) is 5.91 Å². The number of fused-ring (bicyclic) bond motifs is 1. The molecule has 0 saturated carbocycles. The number of aromatic nitrogens is 4. The van der Waals surface area contributed by atoms with Crippen LogP contribution in [0.2, 0.25) is 5.02 Å². The van der Waals surface area contributed by atoms with Crippen molar-refractivity contribution in [1.29, 1.82) is 0 Å². The molecule has 2 aromatic carbocycles. The number of benzene rings is 2. The Hall–Kier alpha value is -3.49. The van der Waals surface area contributed by atoms with Crippen molar-refractivity contribution in [3.63, 3.8) is 0 Å². The number of hydrogen-bond acceptors (Lipinski definition) is 5. The van der Waals surface area contributed by atoms with Gasteiger partial charge in [0.15, 0.2) is 5.65 Å². The van der Waals surface area contributed by atoms with Crippen LogP contribution in [0.4, 0.5) is 0 Å². The number of carbonyl (C=O) groups is 1. The fourth-order valence-corrected chi connectivity index (χ4v) is 4.33. The molecule has 33 heavy (non-hydrogen) atoms. The number of nitrogens with zero attached hydrogens (tertiary/aromatic N) is 6. The molecule has 8 nitrogen and oxygen atoms in total. The van der Waals surface area contributed by atoms with E-state index in [0.29, 0.717) is 24.1 Å². The number of halogens is 1. The third-order valence-electron chi connectivity index (χ3n) is 5.88. The van der Waals surface area contributed by atoms with Gasteiger partial charge in [-0.15, -0.1) is 0 Å². The van der Waals surface area contributed by atoms with E-state index in [0.717, 1.165) is 35.9 Å². The smallest absolute Gasteiger partial charge is 0.264 e. The lowest BCUT2D eigenvalue weighted by Gasteiger charge is -2.34. The van der Waals surface area contributed by atoms with Gasteiger partial charge in [0.25, 0.3) is 5.56 Å². The zero-order valence-corrected chi connectivity index (χ0v) is 18.7. The molecule has 3 heterocycles. The van der Waals surface area contributed by atoms with Crippen LogP contribution in [0.5, 0.6) is 0 Å². The van der Waals surface area contributed by atoms with Crippen molar-refractivity contribution < 1.29 is 4.79 Å². The SMILES string of the molecule is O=C(Cn1cnc2c(cnn2-c2ccccc2)c1=O)N1CCN(Cc2cccc(Cl)c2)CC1. The Bertz CT molecular complexity index is 1340. The number of piperazine rings is 1. The third-order valence-corrected chi connectivity index (χ3v) is 6.12. The van der Waals surface area contributed by atoms with Gasteiger partial charge in [-0.1, -0.05) is 41.9 Å². The van der Waals surface area contributed by atoms with E-state index in [1.165, 1.54) is 17.1 Å². The lowest BCUT2D eigenvalue weighted by Crippen LogP contribution is -2.49. The number of carbonyl (C=O) groups excluding carboxylic acids is 1. The van der Waals surface area contributed by atoms with Gasteiger partial charge < -0.3 is 4.90 Å². The highest BCUT2D eigenvalue weighted by Gasteiger charge is 2.22. The van der Waals surface area contributed by atoms with Crippen LogP contribution in [0, 0.1) is 0 Å². The van der Waals surface area contributed by atoms with Crippen LogP contribution in [0.3, 0.4) is 0 Å². The molecular formula is C24H23ClN6O2. The molecule has 0 bridgehead atoms. The maximum absolute atomic E-state index is 13.0. The van der Waals surface area contributed by atoms with E-state index in [1.807, 2.05) is 48.5 Å². The minimum Gasteiger partial charge on any atom is -0.339 e. The van der Waals surface area contributed by atoms with Gasteiger partial charge in [-0.25, -0.2) is 9.67 Å². The van der Waals surface area contributed by atoms with Crippen LogP contribution in [0.25, 0.3) is 16.7 Å². The summed E-state index contributed by atoms with van der Waals surface area (Å²) in [6, 6.07) is 17.3. The quantitative estimate of drug-likeness (QED) is 0.455. The van der Waals surface area contributed by atoms with Gasteiger partial charge in [-0.2, -0.15) is 5.10 Å². The predicted octanol–water partition coefficient (Wildman–Crippen LogP) is 2.58. The molecule has 0 N–H and O–H groups in total. The molecule has 0 spiro atoms. The van der Waals surface area contributed by atoms with Crippen LogP contribution in [0.15, 0.2) is 71.9 Å². The van der Waals surface area contributed by atoms with Crippen LogP contribution in [-0.2, 0) is 17.9 Å². The van der Waals surface area contributed by atoms with Crippen molar-refractivity contribution in [1.82, 2.24) is 29.1 Å². The molecule has 0 unspecified atom stereocenters. The predicted molar refractivity (Wildman–Crippen MR) is 126 cm³/mol. The average Bonchev–Trinajstić information content (AvgIpc) is 3.27. The van der Waals surface area contributed by atoms with E-state index in [9.17, 15) is 9.59 Å². The van der Waals surface area contributed by atoms with E-state index >= 15 is 0 Å². The van der Waals surface area contributed by atoms with Crippen molar-refractivity contribution in [3.05, 3.63) is 88.1 Å². The number of amides is 1. The normalized spacial score (nSPS) is 14.6. The van der Waals surface area contributed by atoms with Crippen LogP contribution in [0.1, 0.15) is 5.56 Å². The molecular weight excluding hydrogens is 440 g/mol. The number of rotatable bonds is 5. The second kappa shape index (κ2) is 9.17. The third kappa shape index (κ3) is 4.53. The van der Waals surface area contributed by atoms with E-state index in [-0.39, 0.29) is 18.0 Å². The minimum absolute atomic E-state index is 0.0351. The molecule has 1 aliphatic heterocycles. The Balaban J connectivity index is 1.24. The van der Waals surface area contributed by atoms with Gasteiger partial charge in [0.1, 0.15) is 18.3 Å². The van der Waals surface area contributed by atoms with Crippen molar-refractivity contribution >= 4 is 28.5 Å². The summed E-state index contributed by atoms with van der Waals surface area (Å²) >= 11 is 6.08. The van der Waals surface area contributed by atoms with E-state index in [4.69, 9.17) is 11.6 Å². The molecule has 168 valence electrons. The van der Waals surface area contributed by atoms with E-state index in [1.54, 1.807) is 9.58 Å². The van der Waals surface area contributed by atoms with Gasteiger partial charge >= 0.3 is 0 Å². The first-order chi connectivity index (χ1) is 16.1. The van der Waals surface area contributed by atoms with Gasteiger partial charge in [0, 0.05) is 37.7 Å². The monoisotopic (exact) mass is 462 g/mol. The lowest BCUT2D eigenvalue weighted by molar-refractivity contribution is -0.133. The van der Waals surface area contributed by atoms with Crippen LogP contribution in [-0.4, -0.2) is 61.2 Å². The molecule has 1 saturated heterocycles. The summed E-state index contributed by atoms with van der Waals surface area (Å²) in [4.78, 5) is 34.3. The zero-order valence-electron chi connectivity index (χ0n) is 18.0. The molecule has 5 rings (SSSR count). The molecule has 1 aliphatic rings. The Kier molecular flexibility index (Phi) is 5.93. The fraction of sp³-hybridized carbons (Fsp3) is 0.250. The molecule has 2 aromatic heterocycles. The molecule has 1 amide bonds. The Labute approximate surface area is 195 Å². The molecule has 0 radical (unpaired) electrons. The Morgan fingerprint density at radius 2 is 1.79 bits per heavy atom.